The van der Waals surface area contributed by atoms with Crippen molar-refractivity contribution in [3.8, 4) is 0 Å². The van der Waals surface area contributed by atoms with Gasteiger partial charge in [0.25, 0.3) is 10.0 Å². The normalized spacial score (nSPS) is 11.0. The molecule has 7 nitrogen and oxygen atoms in total. The molecule has 9 heteroatoms. The van der Waals surface area contributed by atoms with E-state index in [1.165, 1.54) is 37.4 Å². The van der Waals surface area contributed by atoms with Gasteiger partial charge in [-0.15, -0.1) is 11.3 Å². The number of hydrogen-bond donors (Lipinski definition) is 0. The van der Waals surface area contributed by atoms with Crippen molar-refractivity contribution in [2.45, 2.75) is 11.1 Å². The fraction of sp³-hybridized carbons (Fsp3) is 0.250. The maximum Gasteiger partial charge on any atom is 0.338 e. The summed E-state index contributed by atoms with van der Waals surface area (Å²) in [4.78, 5) is 23.6. The van der Waals surface area contributed by atoms with Gasteiger partial charge in [-0.25, -0.2) is 13.2 Å². The van der Waals surface area contributed by atoms with Crippen molar-refractivity contribution in [1.82, 2.24) is 0 Å². The van der Waals surface area contributed by atoms with Gasteiger partial charge in [0.15, 0.2) is 0 Å². The average molecular weight is 383 g/mol. The lowest BCUT2D eigenvalue weighted by atomic mass is 10.2. The predicted octanol–water partition coefficient (Wildman–Crippen LogP) is 2.29. The standard InChI is InChI=1S/C16H17NO6S2/c1-3-23-16(19)12-6-4-7-13(10-12)17(11-14(18)22-2)25(20,21)15-8-5-9-24-15/h4-10H,3,11H2,1-2H3. The Morgan fingerprint density at radius 3 is 2.56 bits per heavy atom. The lowest BCUT2D eigenvalue weighted by molar-refractivity contribution is -0.138. The van der Waals surface area contributed by atoms with Gasteiger partial charge in [0, 0.05) is 0 Å². The Labute approximate surface area is 149 Å². The predicted molar refractivity (Wildman–Crippen MR) is 93.3 cm³/mol. The maximum absolute atomic E-state index is 12.9. The Balaban J connectivity index is 2.48. The van der Waals surface area contributed by atoms with Gasteiger partial charge in [0.05, 0.1) is 25.0 Å². The van der Waals surface area contributed by atoms with E-state index in [2.05, 4.69) is 4.74 Å². The first kappa shape index (κ1) is 18.9. The molecule has 0 N–H and O–H groups in total. The van der Waals surface area contributed by atoms with Crippen molar-refractivity contribution in [3.05, 3.63) is 47.3 Å². The van der Waals surface area contributed by atoms with E-state index < -0.39 is 28.5 Å². The third kappa shape index (κ3) is 4.37. The molecule has 0 amide bonds. The minimum Gasteiger partial charge on any atom is -0.468 e. The van der Waals surface area contributed by atoms with Gasteiger partial charge in [0.1, 0.15) is 10.8 Å². The van der Waals surface area contributed by atoms with Gasteiger partial charge < -0.3 is 9.47 Å². The number of ether oxygens (including phenoxy) is 2. The van der Waals surface area contributed by atoms with Gasteiger partial charge in [-0.1, -0.05) is 12.1 Å². The number of anilines is 1. The fourth-order valence-corrected chi connectivity index (χ4v) is 4.52. The first-order valence-corrected chi connectivity index (χ1v) is 9.62. The molecular weight excluding hydrogens is 366 g/mol. The molecular formula is C16H17NO6S2. The van der Waals surface area contributed by atoms with Gasteiger partial charge in [-0.3, -0.25) is 9.10 Å². The number of carbonyl (C=O) groups is 2. The fourth-order valence-electron chi connectivity index (χ4n) is 2.02. The summed E-state index contributed by atoms with van der Waals surface area (Å²) in [5, 5.41) is 1.62. The van der Waals surface area contributed by atoms with E-state index >= 15 is 0 Å². The number of hydrogen-bond acceptors (Lipinski definition) is 7. The molecule has 0 saturated heterocycles. The molecule has 0 aliphatic carbocycles. The highest BCUT2D eigenvalue weighted by Crippen LogP contribution is 2.27. The van der Waals surface area contributed by atoms with Crippen LogP contribution in [0.3, 0.4) is 0 Å². The Morgan fingerprint density at radius 1 is 1.20 bits per heavy atom. The second kappa shape index (κ2) is 8.13. The van der Waals surface area contributed by atoms with Gasteiger partial charge in [-0.2, -0.15) is 0 Å². The molecule has 2 aromatic rings. The van der Waals surface area contributed by atoms with E-state index in [0.29, 0.717) is 0 Å². The number of thiophene rings is 1. The number of esters is 2. The minimum absolute atomic E-state index is 0.0814. The maximum atomic E-state index is 12.9. The number of methoxy groups -OCH3 is 1. The lowest BCUT2D eigenvalue weighted by Crippen LogP contribution is -2.36. The summed E-state index contributed by atoms with van der Waals surface area (Å²) in [6.07, 6.45) is 0. The summed E-state index contributed by atoms with van der Waals surface area (Å²) in [6, 6.07) is 8.94. The second-order valence-electron chi connectivity index (χ2n) is 4.79. The Bertz CT molecular complexity index is 845. The first-order valence-electron chi connectivity index (χ1n) is 7.30. The molecule has 0 saturated carbocycles. The second-order valence-corrected chi connectivity index (χ2v) is 7.83. The highest BCUT2D eigenvalue weighted by molar-refractivity contribution is 7.94. The van der Waals surface area contributed by atoms with E-state index in [-0.39, 0.29) is 22.1 Å². The van der Waals surface area contributed by atoms with E-state index in [9.17, 15) is 18.0 Å². The van der Waals surface area contributed by atoms with Crippen molar-refractivity contribution in [2.75, 3.05) is 24.6 Å². The van der Waals surface area contributed by atoms with Gasteiger partial charge >= 0.3 is 11.9 Å². The molecule has 134 valence electrons. The van der Waals surface area contributed by atoms with E-state index in [0.717, 1.165) is 15.6 Å². The Kier molecular flexibility index (Phi) is 6.16. The van der Waals surface area contributed by atoms with Crippen LogP contribution in [0.15, 0.2) is 46.0 Å². The van der Waals surface area contributed by atoms with Crippen molar-refractivity contribution in [1.29, 1.82) is 0 Å². The Morgan fingerprint density at radius 2 is 1.96 bits per heavy atom. The van der Waals surface area contributed by atoms with Crippen LogP contribution in [-0.4, -0.2) is 40.6 Å². The van der Waals surface area contributed by atoms with Crippen LogP contribution in [0.5, 0.6) is 0 Å². The molecule has 0 aliphatic rings. The zero-order valence-electron chi connectivity index (χ0n) is 13.7. The number of rotatable bonds is 7. The van der Waals surface area contributed by atoms with Crippen molar-refractivity contribution in [3.63, 3.8) is 0 Å². The van der Waals surface area contributed by atoms with Gasteiger partial charge in [0.2, 0.25) is 0 Å². The molecule has 0 radical (unpaired) electrons. The van der Waals surface area contributed by atoms with Crippen LogP contribution >= 0.6 is 11.3 Å². The van der Waals surface area contributed by atoms with Crippen LogP contribution in [0.4, 0.5) is 5.69 Å². The summed E-state index contributed by atoms with van der Waals surface area (Å²) in [7, 11) is -2.80. The monoisotopic (exact) mass is 383 g/mol. The third-order valence-electron chi connectivity index (χ3n) is 3.19. The van der Waals surface area contributed by atoms with Crippen LogP contribution in [0.25, 0.3) is 0 Å². The molecule has 2 rings (SSSR count). The highest BCUT2D eigenvalue weighted by atomic mass is 32.2. The summed E-state index contributed by atoms with van der Waals surface area (Å²) < 4.78 is 36.2. The zero-order chi connectivity index (χ0) is 18.4. The zero-order valence-corrected chi connectivity index (χ0v) is 15.3. The largest absolute Gasteiger partial charge is 0.468 e. The highest BCUT2D eigenvalue weighted by Gasteiger charge is 2.29. The molecule has 0 bridgehead atoms. The molecule has 0 fully saturated rings. The molecule has 1 aromatic heterocycles. The van der Waals surface area contributed by atoms with Crippen LogP contribution < -0.4 is 4.31 Å². The number of benzene rings is 1. The molecule has 25 heavy (non-hydrogen) atoms. The van der Waals surface area contributed by atoms with E-state index in [4.69, 9.17) is 4.74 Å². The molecule has 1 heterocycles. The summed E-state index contributed by atoms with van der Waals surface area (Å²) in [6.45, 7) is 1.36. The van der Waals surface area contributed by atoms with Crippen LogP contribution in [0.1, 0.15) is 17.3 Å². The molecule has 0 spiro atoms. The molecule has 0 aliphatic heterocycles. The van der Waals surface area contributed by atoms with Crippen LogP contribution in [-0.2, 0) is 24.3 Å². The molecule has 0 atom stereocenters. The lowest BCUT2D eigenvalue weighted by Gasteiger charge is -2.23. The number of nitrogens with zero attached hydrogens (tertiary/aromatic N) is 1. The van der Waals surface area contributed by atoms with Gasteiger partial charge in [-0.05, 0) is 36.6 Å². The minimum atomic E-state index is -3.97. The van der Waals surface area contributed by atoms with E-state index in [1.54, 1.807) is 18.4 Å². The molecule has 1 aromatic carbocycles. The number of sulfonamides is 1. The first-order chi connectivity index (χ1) is 11.9. The smallest absolute Gasteiger partial charge is 0.338 e. The summed E-state index contributed by atoms with van der Waals surface area (Å²) in [5.41, 5.74) is 0.361. The number of carbonyl (C=O) groups excluding carboxylic acids is 2. The van der Waals surface area contributed by atoms with Crippen molar-refractivity contribution < 1.29 is 27.5 Å². The molecule has 0 unspecified atom stereocenters. The quantitative estimate of drug-likeness (QED) is 0.682. The topological polar surface area (TPSA) is 90.0 Å². The van der Waals surface area contributed by atoms with Crippen molar-refractivity contribution in [2.24, 2.45) is 0 Å². The summed E-state index contributed by atoms with van der Waals surface area (Å²) >= 11 is 1.03. The van der Waals surface area contributed by atoms with Crippen LogP contribution in [0.2, 0.25) is 0 Å². The third-order valence-corrected chi connectivity index (χ3v) is 6.33. The average Bonchev–Trinajstić information content (AvgIpc) is 3.15. The summed E-state index contributed by atoms with van der Waals surface area (Å²) in [5.74, 6) is -1.29. The van der Waals surface area contributed by atoms with E-state index in [1.807, 2.05) is 0 Å². The SMILES string of the molecule is CCOC(=O)c1cccc(N(CC(=O)OC)S(=O)(=O)c2cccs2)c1. The van der Waals surface area contributed by atoms with Crippen LogP contribution in [0, 0.1) is 0 Å². The van der Waals surface area contributed by atoms with Crippen molar-refractivity contribution >= 4 is 39.0 Å². The Hall–Kier alpha value is -2.39.